The Morgan fingerprint density at radius 2 is 1.86 bits per heavy atom. The van der Waals surface area contributed by atoms with Crippen molar-refractivity contribution in [2.45, 2.75) is 31.7 Å². The van der Waals surface area contributed by atoms with E-state index in [0.717, 1.165) is 6.08 Å². The summed E-state index contributed by atoms with van der Waals surface area (Å²) < 4.78 is 74.1. The standard InChI is InChI=1S/C25H28F5N3O4/c26-23(27)37-21-3-1-2-17(13-21)22(34)31-20-12-18(16-4-6-19(7-5-16)25(28,29)30)14-33(15-20)24(35)32-8-10-36-11-9-32/h1-6,13,18-20,23H,7-12,14-15H2,(H,31,34). The van der Waals surface area contributed by atoms with Gasteiger partial charge >= 0.3 is 18.8 Å². The van der Waals surface area contributed by atoms with Crippen LogP contribution in [-0.4, -0.2) is 80.0 Å². The lowest BCUT2D eigenvalue weighted by molar-refractivity contribution is -0.160. The third kappa shape index (κ3) is 7.00. The minimum absolute atomic E-state index is 0.108. The Labute approximate surface area is 210 Å². The van der Waals surface area contributed by atoms with Crippen LogP contribution in [0.25, 0.3) is 0 Å². The Morgan fingerprint density at radius 1 is 1.11 bits per heavy atom. The largest absolute Gasteiger partial charge is 0.435 e. The summed E-state index contributed by atoms with van der Waals surface area (Å²) in [5.74, 6) is -2.54. The van der Waals surface area contributed by atoms with Gasteiger partial charge in [0.25, 0.3) is 5.91 Å². The summed E-state index contributed by atoms with van der Waals surface area (Å²) in [4.78, 5) is 29.4. The molecule has 7 nitrogen and oxygen atoms in total. The molecular weight excluding hydrogens is 501 g/mol. The van der Waals surface area contributed by atoms with Crippen LogP contribution in [0.3, 0.4) is 0 Å². The first kappa shape index (κ1) is 26.9. The first-order valence-corrected chi connectivity index (χ1v) is 12.0. The molecular formula is C25H28F5N3O4. The molecule has 1 N–H and O–H groups in total. The zero-order valence-electron chi connectivity index (χ0n) is 19.9. The Kier molecular flexibility index (Phi) is 8.35. The van der Waals surface area contributed by atoms with E-state index in [-0.39, 0.29) is 36.2 Å². The quantitative estimate of drug-likeness (QED) is 0.580. The molecule has 2 heterocycles. The molecule has 1 aliphatic carbocycles. The smallest absolute Gasteiger partial charge is 0.395 e. The number of nitrogens with one attached hydrogen (secondary N) is 1. The number of benzene rings is 1. The van der Waals surface area contributed by atoms with Gasteiger partial charge in [0.15, 0.2) is 0 Å². The molecule has 3 aliphatic rings. The summed E-state index contributed by atoms with van der Waals surface area (Å²) in [7, 11) is 0. The molecule has 2 fully saturated rings. The molecule has 2 saturated heterocycles. The fraction of sp³-hybridized carbons (Fsp3) is 0.520. The Hall–Kier alpha value is -3.15. The number of likely N-dealkylation sites (tertiary alicyclic amines) is 1. The highest BCUT2D eigenvalue weighted by Gasteiger charge is 2.39. The Bertz CT molecular complexity index is 1040. The van der Waals surface area contributed by atoms with Gasteiger partial charge in [-0.15, -0.1) is 0 Å². The maximum atomic E-state index is 13.2. The second-order valence-corrected chi connectivity index (χ2v) is 9.24. The molecule has 0 bridgehead atoms. The average molecular weight is 530 g/mol. The van der Waals surface area contributed by atoms with Crippen LogP contribution >= 0.6 is 0 Å². The van der Waals surface area contributed by atoms with E-state index in [9.17, 15) is 31.5 Å². The number of amides is 3. The van der Waals surface area contributed by atoms with Gasteiger partial charge in [-0.05, 0) is 36.6 Å². The molecule has 202 valence electrons. The van der Waals surface area contributed by atoms with Crippen LogP contribution in [0.5, 0.6) is 5.75 Å². The summed E-state index contributed by atoms with van der Waals surface area (Å²) in [5.41, 5.74) is 0.794. The van der Waals surface area contributed by atoms with E-state index in [4.69, 9.17) is 4.74 Å². The number of piperidine rings is 1. The number of urea groups is 1. The van der Waals surface area contributed by atoms with Gasteiger partial charge in [0.05, 0.1) is 19.1 Å². The second-order valence-electron chi connectivity index (χ2n) is 9.24. The van der Waals surface area contributed by atoms with Crippen LogP contribution in [0, 0.1) is 11.8 Å². The molecule has 0 aromatic heterocycles. The Balaban J connectivity index is 1.50. The topological polar surface area (TPSA) is 71.1 Å². The highest BCUT2D eigenvalue weighted by molar-refractivity contribution is 5.94. The fourth-order valence-corrected chi connectivity index (χ4v) is 4.82. The maximum Gasteiger partial charge on any atom is 0.395 e. The van der Waals surface area contributed by atoms with Crippen LogP contribution < -0.4 is 10.1 Å². The summed E-state index contributed by atoms with van der Waals surface area (Å²) in [5, 5.41) is 2.86. The molecule has 3 atom stereocenters. The number of rotatable bonds is 5. The number of allylic oxidation sites excluding steroid dienone is 3. The van der Waals surface area contributed by atoms with Gasteiger partial charge in [-0.1, -0.05) is 24.3 Å². The normalized spacial score (nSPS) is 24.6. The molecule has 1 aromatic rings. The summed E-state index contributed by atoms with van der Waals surface area (Å²) in [6.07, 6.45) is 0.0349. The molecule has 1 aromatic carbocycles. The van der Waals surface area contributed by atoms with Crippen molar-refractivity contribution in [2.75, 3.05) is 39.4 Å². The minimum atomic E-state index is -4.33. The van der Waals surface area contributed by atoms with E-state index in [2.05, 4.69) is 10.1 Å². The highest BCUT2D eigenvalue weighted by Crippen LogP contribution is 2.36. The Morgan fingerprint density at radius 3 is 2.51 bits per heavy atom. The molecule has 3 amide bonds. The third-order valence-corrected chi connectivity index (χ3v) is 6.68. The van der Waals surface area contributed by atoms with Crippen molar-refractivity contribution in [3.05, 3.63) is 53.6 Å². The van der Waals surface area contributed by atoms with Crippen LogP contribution in [0.1, 0.15) is 23.2 Å². The second kappa shape index (κ2) is 11.5. The van der Waals surface area contributed by atoms with Gasteiger partial charge in [0.1, 0.15) is 5.75 Å². The predicted octanol–water partition coefficient (Wildman–Crippen LogP) is 4.23. The molecule has 37 heavy (non-hydrogen) atoms. The number of halogens is 5. The monoisotopic (exact) mass is 529 g/mol. The first-order chi connectivity index (χ1) is 17.6. The van der Waals surface area contributed by atoms with E-state index in [0.29, 0.717) is 44.8 Å². The van der Waals surface area contributed by atoms with Crippen molar-refractivity contribution in [2.24, 2.45) is 11.8 Å². The van der Waals surface area contributed by atoms with Crippen LogP contribution in [0.2, 0.25) is 0 Å². The van der Waals surface area contributed by atoms with Gasteiger partial charge < -0.3 is 24.6 Å². The highest BCUT2D eigenvalue weighted by atomic mass is 19.4. The van der Waals surface area contributed by atoms with E-state index in [1.54, 1.807) is 15.9 Å². The van der Waals surface area contributed by atoms with Crippen molar-refractivity contribution < 1.29 is 41.0 Å². The minimum Gasteiger partial charge on any atom is -0.435 e. The molecule has 12 heteroatoms. The number of morpholine rings is 1. The number of hydrogen-bond donors (Lipinski definition) is 1. The molecule has 4 rings (SSSR count). The van der Waals surface area contributed by atoms with Gasteiger partial charge in [-0.2, -0.15) is 22.0 Å². The van der Waals surface area contributed by atoms with Crippen molar-refractivity contribution in [1.29, 1.82) is 0 Å². The molecule has 3 unspecified atom stereocenters. The number of alkyl halides is 5. The van der Waals surface area contributed by atoms with Crippen molar-refractivity contribution >= 4 is 11.9 Å². The zero-order chi connectivity index (χ0) is 26.6. The third-order valence-electron chi connectivity index (χ3n) is 6.68. The molecule has 0 spiro atoms. The molecule has 2 aliphatic heterocycles. The van der Waals surface area contributed by atoms with E-state index in [1.165, 1.54) is 30.3 Å². The van der Waals surface area contributed by atoms with Gasteiger partial charge in [0, 0.05) is 43.7 Å². The van der Waals surface area contributed by atoms with E-state index >= 15 is 0 Å². The number of carbonyl (C=O) groups is 2. The SMILES string of the molecule is O=C(NC1CC(C2=CCC(C(F)(F)F)C=C2)CN(C(=O)N2CCOCC2)C1)c1cccc(OC(F)F)c1. The number of carbonyl (C=O) groups excluding carboxylic acids is 2. The lowest BCUT2D eigenvalue weighted by Crippen LogP contribution is -2.57. The molecule has 0 radical (unpaired) electrons. The average Bonchev–Trinajstić information content (AvgIpc) is 2.88. The van der Waals surface area contributed by atoms with Gasteiger partial charge in [-0.3, -0.25) is 4.79 Å². The fourth-order valence-electron chi connectivity index (χ4n) is 4.82. The number of ether oxygens (including phenoxy) is 2. The summed E-state index contributed by atoms with van der Waals surface area (Å²) >= 11 is 0. The maximum absolute atomic E-state index is 13.2. The summed E-state index contributed by atoms with van der Waals surface area (Å²) in [6.45, 7) is -0.875. The van der Waals surface area contributed by atoms with Crippen LogP contribution in [0.15, 0.2) is 48.1 Å². The molecule has 0 saturated carbocycles. The van der Waals surface area contributed by atoms with Gasteiger partial charge in [-0.25, -0.2) is 4.79 Å². The van der Waals surface area contributed by atoms with E-state index in [1.807, 2.05) is 0 Å². The van der Waals surface area contributed by atoms with Crippen molar-refractivity contribution in [3.63, 3.8) is 0 Å². The number of nitrogens with zero attached hydrogens (tertiary/aromatic N) is 2. The lowest BCUT2D eigenvalue weighted by atomic mass is 9.83. The van der Waals surface area contributed by atoms with Crippen LogP contribution in [-0.2, 0) is 4.74 Å². The zero-order valence-corrected chi connectivity index (χ0v) is 19.9. The first-order valence-electron chi connectivity index (χ1n) is 12.0. The van der Waals surface area contributed by atoms with E-state index < -0.39 is 30.7 Å². The van der Waals surface area contributed by atoms with Crippen molar-refractivity contribution in [3.8, 4) is 5.75 Å². The van der Waals surface area contributed by atoms with Crippen LogP contribution in [0.4, 0.5) is 26.7 Å². The van der Waals surface area contributed by atoms with Crippen molar-refractivity contribution in [1.82, 2.24) is 15.1 Å². The summed E-state index contributed by atoms with van der Waals surface area (Å²) in [6, 6.07) is 4.63. The lowest BCUT2D eigenvalue weighted by Gasteiger charge is -2.42. The number of hydrogen-bond acceptors (Lipinski definition) is 4. The predicted molar refractivity (Wildman–Crippen MR) is 123 cm³/mol. The van der Waals surface area contributed by atoms with Gasteiger partial charge in [0.2, 0.25) is 0 Å².